The first-order valence-electron chi connectivity index (χ1n) is 10.3. The van der Waals surface area contributed by atoms with Gasteiger partial charge in [0.1, 0.15) is 11.3 Å². The summed E-state index contributed by atoms with van der Waals surface area (Å²) < 4.78 is 6.01. The zero-order chi connectivity index (χ0) is 20.5. The van der Waals surface area contributed by atoms with E-state index in [1.165, 1.54) is 5.56 Å². The van der Waals surface area contributed by atoms with Crippen LogP contribution in [-0.2, 0) is 0 Å². The molecule has 4 heteroatoms. The third-order valence-corrected chi connectivity index (χ3v) is 4.62. The number of rotatable bonds is 6. The van der Waals surface area contributed by atoms with Crippen molar-refractivity contribution in [2.24, 2.45) is 0 Å². The van der Waals surface area contributed by atoms with Gasteiger partial charge in [-0.05, 0) is 61.7 Å². The Bertz CT molecular complexity index is 972. The zero-order valence-corrected chi connectivity index (χ0v) is 17.5. The van der Waals surface area contributed by atoms with Crippen molar-refractivity contribution in [2.75, 3.05) is 18.0 Å². The molecule has 0 saturated carbocycles. The van der Waals surface area contributed by atoms with Gasteiger partial charge in [0.2, 0.25) is 0 Å². The first-order valence-corrected chi connectivity index (χ1v) is 10.3. The second-order valence-corrected chi connectivity index (χ2v) is 7.03. The Morgan fingerprint density at radius 3 is 2.21 bits per heavy atom. The zero-order valence-electron chi connectivity index (χ0n) is 17.5. The molecular weight excluding hydrogens is 358 g/mol. The van der Waals surface area contributed by atoms with Crippen molar-refractivity contribution in [1.82, 2.24) is 9.97 Å². The number of para-hydroxylation sites is 1. The molecule has 0 amide bonds. The summed E-state index contributed by atoms with van der Waals surface area (Å²) in [7, 11) is 0. The lowest BCUT2D eigenvalue weighted by Gasteiger charge is -2.25. The van der Waals surface area contributed by atoms with E-state index in [1.54, 1.807) is 12.4 Å². The number of nitrogens with zero attached hydrogens (tertiary/aromatic N) is 3. The maximum Gasteiger partial charge on any atom is 0.155 e. The summed E-state index contributed by atoms with van der Waals surface area (Å²) in [5.74, 6) is 0.842. The minimum absolute atomic E-state index is 0.842. The van der Waals surface area contributed by atoms with Crippen molar-refractivity contribution in [3.05, 3.63) is 78.8 Å². The maximum atomic E-state index is 6.01. The molecule has 3 heterocycles. The largest absolute Gasteiger partial charge is 0.454 e. The van der Waals surface area contributed by atoms with Gasteiger partial charge in [0.05, 0.1) is 5.69 Å². The SMILES string of the molecule is CCCN(CCC)c1cccnc1-c1cc2ccccc2o1.Cc1ccncc1. The van der Waals surface area contributed by atoms with E-state index in [0.29, 0.717) is 0 Å². The van der Waals surface area contributed by atoms with Crippen LogP contribution in [0.15, 0.2) is 77.6 Å². The Morgan fingerprint density at radius 1 is 0.862 bits per heavy atom. The van der Waals surface area contributed by atoms with Crippen LogP contribution in [0.4, 0.5) is 5.69 Å². The molecule has 0 bridgehead atoms. The lowest BCUT2D eigenvalue weighted by atomic mass is 10.2. The molecule has 29 heavy (non-hydrogen) atoms. The molecule has 0 aliphatic carbocycles. The van der Waals surface area contributed by atoms with Crippen LogP contribution in [-0.4, -0.2) is 23.1 Å². The Kier molecular flexibility index (Phi) is 7.40. The van der Waals surface area contributed by atoms with Crippen molar-refractivity contribution in [3.8, 4) is 11.5 Å². The fourth-order valence-electron chi connectivity index (χ4n) is 3.26. The average molecular weight is 388 g/mol. The second kappa shape index (κ2) is 10.4. The summed E-state index contributed by atoms with van der Waals surface area (Å²) in [5, 5.41) is 1.12. The second-order valence-electron chi connectivity index (χ2n) is 7.03. The van der Waals surface area contributed by atoms with E-state index in [2.05, 4.69) is 46.9 Å². The Hall–Kier alpha value is -3.14. The van der Waals surface area contributed by atoms with Crippen molar-refractivity contribution in [3.63, 3.8) is 0 Å². The van der Waals surface area contributed by atoms with Crippen LogP contribution < -0.4 is 4.90 Å². The maximum absolute atomic E-state index is 6.01. The summed E-state index contributed by atoms with van der Waals surface area (Å²) in [4.78, 5) is 10.8. The van der Waals surface area contributed by atoms with Gasteiger partial charge < -0.3 is 9.32 Å². The van der Waals surface area contributed by atoms with Gasteiger partial charge in [0.25, 0.3) is 0 Å². The van der Waals surface area contributed by atoms with Gasteiger partial charge >= 0.3 is 0 Å². The quantitative estimate of drug-likeness (QED) is 0.378. The topological polar surface area (TPSA) is 42.2 Å². The van der Waals surface area contributed by atoms with Gasteiger partial charge in [-0.1, -0.05) is 32.0 Å². The number of aryl methyl sites for hydroxylation is 1. The van der Waals surface area contributed by atoms with Crippen molar-refractivity contribution < 1.29 is 4.42 Å². The van der Waals surface area contributed by atoms with Crippen molar-refractivity contribution >= 4 is 16.7 Å². The summed E-state index contributed by atoms with van der Waals surface area (Å²) in [6.45, 7) is 8.53. The molecule has 0 aliphatic rings. The Labute approximate surface area is 173 Å². The van der Waals surface area contributed by atoms with Gasteiger partial charge in [0.15, 0.2) is 5.76 Å². The molecule has 0 N–H and O–H groups in total. The number of hydrogen-bond acceptors (Lipinski definition) is 4. The van der Waals surface area contributed by atoms with Crippen LogP contribution in [0.1, 0.15) is 32.3 Å². The molecule has 0 saturated heterocycles. The fourth-order valence-corrected chi connectivity index (χ4v) is 3.26. The number of fused-ring (bicyclic) bond motifs is 1. The van der Waals surface area contributed by atoms with Crippen molar-refractivity contribution in [2.45, 2.75) is 33.6 Å². The highest BCUT2D eigenvalue weighted by Crippen LogP contribution is 2.33. The van der Waals surface area contributed by atoms with Crippen molar-refractivity contribution in [1.29, 1.82) is 0 Å². The minimum atomic E-state index is 0.842. The number of anilines is 1. The normalized spacial score (nSPS) is 10.4. The minimum Gasteiger partial charge on any atom is -0.454 e. The van der Waals surface area contributed by atoms with Crippen LogP contribution in [0, 0.1) is 6.92 Å². The highest BCUT2D eigenvalue weighted by Gasteiger charge is 2.15. The van der Waals surface area contributed by atoms with E-state index in [4.69, 9.17) is 4.42 Å². The van der Waals surface area contributed by atoms with Crippen LogP contribution in [0.5, 0.6) is 0 Å². The van der Waals surface area contributed by atoms with E-state index in [0.717, 1.165) is 54.0 Å². The molecule has 4 rings (SSSR count). The fraction of sp³-hybridized carbons (Fsp3) is 0.280. The Morgan fingerprint density at radius 2 is 1.59 bits per heavy atom. The molecule has 150 valence electrons. The van der Waals surface area contributed by atoms with Crippen LogP contribution in [0.25, 0.3) is 22.4 Å². The summed E-state index contributed by atoms with van der Waals surface area (Å²) in [6, 6.07) is 18.3. The molecule has 0 unspecified atom stereocenters. The molecule has 1 aromatic carbocycles. The molecule has 0 spiro atoms. The van der Waals surface area contributed by atoms with Crippen LogP contribution in [0.2, 0.25) is 0 Å². The smallest absolute Gasteiger partial charge is 0.155 e. The van der Waals surface area contributed by atoms with E-state index in [-0.39, 0.29) is 0 Å². The monoisotopic (exact) mass is 387 g/mol. The van der Waals surface area contributed by atoms with Gasteiger partial charge in [-0.15, -0.1) is 0 Å². The van der Waals surface area contributed by atoms with Gasteiger partial charge in [-0.2, -0.15) is 0 Å². The molecule has 0 atom stereocenters. The summed E-state index contributed by atoms with van der Waals surface area (Å²) in [5.41, 5.74) is 4.26. The number of aromatic nitrogens is 2. The van der Waals surface area contributed by atoms with E-state index in [9.17, 15) is 0 Å². The van der Waals surface area contributed by atoms with Gasteiger partial charge in [-0.3, -0.25) is 9.97 Å². The number of furan rings is 1. The molecule has 0 radical (unpaired) electrons. The van der Waals surface area contributed by atoms with E-state index < -0.39 is 0 Å². The molecule has 4 aromatic rings. The van der Waals surface area contributed by atoms with Crippen LogP contribution >= 0.6 is 0 Å². The first kappa shape index (κ1) is 20.6. The molecule has 4 nitrogen and oxygen atoms in total. The summed E-state index contributed by atoms with van der Waals surface area (Å²) >= 11 is 0. The van der Waals surface area contributed by atoms with E-state index in [1.807, 2.05) is 49.5 Å². The molecule has 0 aliphatic heterocycles. The predicted molar refractivity (Wildman–Crippen MR) is 121 cm³/mol. The highest BCUT2D eigenvalue weighted by atomic mass is 16.3. The average Bonchev–Trinajstić information content (AvgIpc) is 3.19. The number of pyridine rings is 2. The molecular formula is C25H29N3O. The molecule has 3 aromatic heterocycles. The van der Waals surface area contributed by atoms with Crippen LogP contribution in [0.3, 0.4) is 0 Å². The third-order valence-electron chi connectivity index (χ3n) is 4.62. The van der Waals surface area contributed by atoms with E-state index >= 15 is 0 Å². The summed E-state index contributed by atoms with van der Waals surface area (Å²) in [6.07, 6.45) is 7.65. The van der Waals surface area contributed by atoms with Gasteiger partial charge in [-0.25, -0.2) is 0 Å². The highest BCUT2D eigenvalue weighted by molar-refractivity contribution is 5.84. The predicted octanol–water partition coefficient (Wildman–Crippen LogP) is 6.51. The number of hydrogen-bond donors (Lipinski definition) is 0. The standard InChI is InChI=1S/C19H22N2O.C6H7N/c1-3-12-21(13-4-2)16-9-7-11-20-19(16)18-14-15-8-5-6-10-17(15)22-18;1-6-2-4-7-5-3-6/h5-11,14H,3-4,12-13H2,1-2H3;2-5H,1H3. The number of benzene rings is 1. The Balaban J connectivity index is 0.000000290. The first-order chi connectivity index (χ1) is 14.2. The van der Waals surface area contributed by atoms with Gasteiger partial charge in [0, 0.05) is 37.1 Å². The molecule has 0 fully saturated rings. The third kappa shape index (κ3) is 5.44. The lowest BCUT2D eigenvalue weighted by molar-refractivity contribution is 0.627. The lowest BCUT2D eigenvalue weighted by Crippen LogP contribution is -2.25.